The highest BCUT2D eigenvalue weighted by atomic mass is 16.7. The fraction of sp³-hybridized carbons (Fsp3) is 0.900. The highest BCUT2D eigenvalue weighted by Gasteiger charge is 2.75. The Kier molecular flexibility index (Phi) is 1.55. The smallest absolute Gasteiger partial charge is 0.311 e. The molecule has 0 N–H and O–H groups in total. The second-order valence-corrected chi connectivity index (χ2v) is 4.74. The summed E-state index contributed by atoms with van der Waals surface area (Å²) in [6.45, 7) is 1.38. The van der Waals surface area contributed by atoms with Crippen molar-refractivity contribution in [2.24, 2.45) is 10.8 Å². The van der Waals surface area contributed by atoms with E-state index in [0.29, 0.717) is 13.2 Å². The summed E-state index contributed by atoms with van der Waals surface area (Å²) in [6.07, 6.45) is 2.60. The quantitative estimate of drug-likeness (QED) is 0.613. The van der Waals surface area contributed by atoms with E-state index in [-0.39, 0.29) is 23.1 Å². The minimum Gasteiger partial charge on any atom is -0.469 e. The number of carbonyl (C=O) groups is 1. The van der Waals surface area contributed by atoms with Crippen LogP contribution in [-0.2, 0) is 19.0 Å². The molecule has 0 radical (unpaired) electrons. The third-order valence-electron chi connectivity index (χ3n) is 3.81. The van der Waals surface area contributed by atoms with Crippen molar-refractivity contribution in [1.82, 2.24) is 0 Å². The van der Waals surface area contributed by atoms with Crippen molar-refractivity contribution in [3.63, 3.8) is 0 Å². The third-order valence-corrected chi connectivity index (χ3v) is 3.81. The van der Waals surface area contributed by atoms with Gasteiger partial charge < -0.3 is 14.2 Å². The van der Waals surface area contributed by atoms with Gasteiger partial charge in [0.1, 0.15) is 0 Å². The lowest BCUT2D eigenvalue weighted by molar-refractivity contribution is -0.300. The molecule has 4 rings (SSSR count). The van der Waals surface area contributed by atoms with Crippen LogP contribution in [0.5, 0.6) is 0 Å². The Morgan fingerprint density at radius 3 is 2.36 bits per heavy atom. The van der Waals surface area contributed by atoms with Crippen LogP contribution < -0.4 is 0 Å². The first-order chi connectivity index (χ1) is 6.71. The summed E-state index contributed by atoms with van der Waals surface area (Å²) in [5.41, 5.74) is -0.0330. The van der Waals surface area contributed by atoms with Gasteiger partial charge in [0.05, 0.1) is 25.7 Å². The van der Waals surface area contributed by atoms with Gasteiger partial charge >= 0.3 is 5.97 Å². The number of rotatable bonds is 2. The van der Waals surface area contributed by atoms with E-state index in [2.05, 4.69) is 0 Å². The summed E-state index contributed by atoms with van der Waals surface area (Å²) in [5.74, 6) is -0.0580. The van der Waals surface area contributed by atoms with Gasteiger partial charge in [-0.1, -0.05) is 0 Å². The van der Waals surface area contributed by atoms with Crippen molar-refractivity contribution < 1.29 is 19.0 Å². The van der Waals surface area contributed by atoms with Crippen molar-refractivity contribution in [3.8, 4) is 0 Å². The zero-order valence-corrected chi connectivity index (χ0v) is 8.25. The molecule has 1 heterocycles. The van der Waals surface area contributed by atoms with Gasteiger partial charge in [-0.05, 0) is 19.3 Å². The minimum absolute atomic E-state index is 0.0580. The van der Waals surface area contributed by atoms with Gasteiger partial charge in [-0.15, -0.1) is 0 Å². The first kappa shape index (κ1) is 8.68. The molecule has 14 heavy (non-hydrogen) atoms. The summed E-state index contributed by atoms with van der Waals surface area (Å²) in [5, 5.41) is 0. The van der Waals surface area contributed by atoms with E-state index in [1.165, 1.54) is 7.11 Å². The van der Waals surface area contributed by atoms with E-state index >= 15 is 0 Å². The molecule has 2 bridgehead atoms. The maximum atomic E-state index is 11.4. The lowest BCUT2D eigenvalue weighted by atomic mass is 9.35. The maximum Gasteiger partial charge on any atom is 0.311 e. The average Bonchev–Trinajstić information content (AvgIpc) is 2.52. The summed E-state index contributed by atoms with van der Waals surface area (Å²) in [4.78, 5) is 11.4. The highest BCUT2D eigenvalue weighted by molar-refractivity contribution is 5.81. The lowest BCUT2D eigenvalue weighted by Crippen LogP contribution is -2.70. The summed E-state index contributed by atoms with van der Waals surface area (Å²) in [7, 11) is 1.46. The Hall–Kier alpha value is -0.610. The molecule has 4 heteroatoms. The number of carbonyl (C=O) groups excluding carboxylic acids is 1. The molecule has 1 aliphatic heterocycles. The van der Waals surface area contributed by atoms with E-state index < -0.39 is 0 Å². The number of ether oxygens (including phenoxy) is 3. The molecule has 4 nitrogen and oxygen atoms in total. The van der Waals surface area contributed by atoms with Crippen LogP contribution >= 0.6 is 0 Å². The minimum atomic E-state index is -0.177. The van der Waals surface area contributed by atoms with E-state index in [1.54, 1.807) is 0 Å². The molecule has 0 aromatic heterocycles. The average molecular weight is 198 g/mol. The van der Waals surface area contributed by atoms with Gasteiger partial charge in [-0.2, -0.15) is 0 Å². The van der Waals surface area contributed by atoms with Crippen LogP contribution in [-0.4, -0.2) is 32.6 Å². The predicted octanol–water partition coefficient (Wildman–Crippen LogP) is 0.703. The first-order valence-electron chi connectivity index (χ1n) is 5.03. The Morgan fingerprint density at radius 1 is 1.29 bits per heavy atom. The Morgan fingerprint density at radius 2 is 1.86 bits per heavy atom. The SMILES string of the molecule is COC(=O)C12CC(C3OCCO3)(C1)C2. The normalized spacial score (nSPS) is 45.5. The molecule has 0 atom stereocenters. The van der Waals surface area contributed by atoms with Crippen LogP contribution in [0, 0.1) is 10.8 Å². The van der Waals surface area contributed by atoms with Crippen molar-refractivity contribution in [2.45, 2.75) is 25.6 Å². The Balaban J connectivity index is 1.65. The van der Waals surface area contributed by atoms with Crippen LogP contribution in [0.1, 0.15) is 19.3 Å². The molecule has 3 saturated carbocycles. The van der Waals surface area contributed by atoms with Crippen molar-refractivity contribution in [3.05, 3.63) is 0 Å². The van der Waals surface area contributed by atoms with E-state index in [1.807, 2.05) is 0 Å². The topological polar surface area (TPSA) is 44.8 Å². The van der Waals surface area contributed by atoms with Gasteiger partial charge in [-0.25, -0.2) is 0 Å². The van der Waals surface area contributed by atoms with Crippen molar-refractivity contribution in [1.29, 1.82) is 0 Å². The second kappa shape index (κ2) is 2.49. The second-order valence-electron chi connectivity index (χ2n) is 4.74. The van der Waals surface area contributed by atoms with Gasteiger partial charge in [0.2, 0.25) is 0 Å². The van der Waals surface area contributed by atoms with Gasteiger partial charge in [0, 0.05) is 5.41 Å². The van der Waals surface area contributed by atoms with E-state index in [4.69, 9.17) is 14.2 Å². The maximum absolute atomic E-state index is 11.4. The van der Waals surface area contributed by atoms with Crippen LogP contribution in [0.15, 0.2) is 0 Å². The van der Waals surface area contributed by atoms with Crippen LogP contribution in [0.25, 0.3) is 0 Å². The lowest BCUT2D eigenvalue weighted by Gasteiger charge is -2.69. The summed E-state index contributed by atoms with van der Waals surface area (Å²) >= 11 is 0. The fourth-order valence-electron chi connectivity index (χ4n) is 3.26. The molecule has 0 spiro atoms. The summed E-state index contributed by atoms with van der Waals surface area (Å²) < 4.78 is 15.7. The highest BCUT2D eigenvalue weighted by Crippen LogP contribution is 2.75. The largest absolute Gasteiger partial charge is 0.469 e. The zero-order chi connectivity index (χ0) is 9.81. The molecular weight excluding hydrogens is 184 g/mol. The first-order valence-corrected chi connectivity index (χ1v) is 5.03. The van der Waals surface area contributed by atoms with Crippen molar-refractivity contribution in [2.75, 3.05) is 20.3 Å². The van der Waals surface area contributed by atoms with Gasteiger partial charge in [0.25, 0.3) is 0 Å². The number of hydrogen-bond acceptors (Lipinski definition) is 4. The molecule has 0 aromatic carbocycles. The molecule has 0 aromatic rings. The van der Waals surface area contributed by atoms with E-state index in [9.17, 15) is 4.79 Å². The molecule has 4 aliphatic rings. The van der Waals surface area contributed by atoms with Gasteiger partial charge in [0.15, 0.2) is 6.29 Å². The Labute approximate surface area is 82.5 Å². The van der Waals surface area contributed by atoms with Crippen LogP contribution in [0.3, 0.4) is 0 Å². The van der Waals surface area contributed by atoms with Crippen LogP contribution in [0.2, 0.25) is 0 Å². The van der Waals surface area contributed by atoms with Crippen molar-refractivity contribution >= 4 is 5.97 Å². The molecular formula is C10H14O4. The molecule has 1 saturated heterocycles. The standard InChI is InChI=1S/C10H14O4/c1-12-7(11)9-4-10(5-9,6-9)8-13-2-3-14-8/h8H,2-6H2,1H3. The summed E-state index contributed by atoms with van der Waals surface area (Å²) in [6, 6.07) is 0. The van der Waals surface area contributed by atoms with Crippen LogP contribution in [0.4, 0.5) is 0 Å². The molecule has 78 valence electrons. The zero-order valence-electron chi connectivity index (χ0n) is 8.25. The number of esters is 1. The molecule has 0 unspecified atom stereocenters. The molecule has 0 amide bonds. The van der Waals surface area contributed by atoms with Gasteiger partial charge in [-0.3, -0.25) is 4.79 Å². The molecule has 3 aliphatic carbocycles. The van der Waals surface area contributed by atoms with E-state index in [0.717, 1.165) is 19.3 Å². The fourth-order valence-corrected chi connectivity index (χ4v) is 3.26. The Bertz CT molecular complexity index is 260. The predicted molar refractivity (Wildman–Crippen MR) is 46.4 cm³/mol. The third kappa shape index (κ3) is 0.834. The number of methoxy groups -OCH3 is 1. The molecule has 4 fully saturated rings. The monoisotopic (exact) mass is 198 g/mol. The number of hydrogen-bond donors (Lipinski definition) is 0.